The Balaban J connectivity index is 4.62. The van der Waals surface area contributed by atoms with Gasteiger partial charge in [0.05, 0.1) is 11.9 Å². The van der Waals surface area contributed by atoms with Crippen molar-refractivity contribution in [3.8, 4) is 0 Å². The van der Waals surface area contributed by atoms with Gasteiger partial charge >= 0.3 is 6.03 Å². The number of carbonyl (C=O) groups is 2. The third-order valence-corrected chi connectivity index (χ3v) is 2.15. The molecule has 0 spiro atoms. The number of rotatable bonds is 7. The summed E-state index contributed by atoms with van der Waals surface area (Å²) in [6.07, 6.45) is -5.27. The second-order valence-corrected chi connectivity index (χ2v) is 3.45. The number of nitrogens with zero attached hydrogens (tertiary/aromatic N) is 2. The van der Waals surface area contributed by atoms with Crippen molar-refractivity contribution in [3.63, 3.8) is 0 Å². The molecule has 0 saturated heterocycles. The van der Waals surface area contributed by atoms with Gasteiger partial charge in [-0.25, -0.2) is 4.79 Å². The van der Waals surface area contributed by atoms with Gasteiger partial charge in [0.1, 0.15) is 30.6 Å². The summed E-state index contributed by atoms with van der Waals surface area (Å²) >= 11 is 0. The van der Waals surface area contributed by atoms with Crippen LogP contribution in [0, 0.1) is 4.91 Å². The Morgan fingerprint density at radius 2 is 1.94 bits per heavy atom. The average Bonchev–Trinajstić information content (AvgIpc) is 2.40. The van der Waals surface area contributed by atoms with Gasteiger partial charge in [0.25, 0.3) is 0 Å². The maximum atomic E-state index is 11.2. The summed E-state index contributed by atoms with van der Waals surface area (Å²) in [4.78, 5) is 31.8. The van der Waals surface area contributed by atoms with Gasteiger partial charge in [-0.3, -0.25) is 0 Å². The molecule has 0 fully saturated rings. The van der Waals surface area contributed by atoms with Crippen molar-refractivity contribution in [1.29, 1.82) is 0 Å². The first-order chi connectivity index (χ1) is 8.38. The number of amides is 2. The summed E-state index contributed by atoms with van der Waals surface area (Å²) in [6, 6.07) is -2.65. The predicted molar refractivity (Wildman–Crippen MR) is 57.0 cm³/mol. The van der Waals surface area contributed by atoms with E-state index in [0.29, 0.717) is 5.01 Å². The zero-order valence-corrected chi connectivity index (χ0v) is 9.50. The molecule has 0 aromatic carbocycles. The maximum absolute atomic E-state index is 11.2. The highest BCUT2D eigenvalue weighted by atomic mass is 16.4. The van der Waals surface area contributed by atoms with E-state index in [1.54, 1.807) is 0 Å². The van der Waals surface area contributed by atoms with Crippen molar-refractivity contribution in [2.45, 2.75) is 24.4 Å². The molecule has 0 aromatic heterocycles. The molecule has 10 nitrogen and oxygen atoms in total. The molecule has 2 amide bonds. The van der Waals surface area contributed by atoms with Crippen LogP contribution in [0.5, 0.6) is 0 Å². The number of hydrogen-bond acceptors (Lipinski definition) is 8. The summed E-state index contributed by atoms with van der Waals surface area (Å²) < 4.78 is 0. The molecule has 104 valence electrons. The van der Waals surface area contributed by atoms with E-state index in [2.05, 4.69) is 5.29 Å². The third kappa shape index (κ3) is 4.33. The van der Waals surface area contributed by atoms with Gasteiger partial charge in [0, 0.05) is 7.05 Å². The number of urea groups is 1. The number of hydrogen-bond donors (Lipinski definition) is 5. The van der Waals surface area contributed by atoms with Crippen molar-refractivity contribution in [1.82, 2.24) is 10.3 Å². The molecule has 4 atom stereocenters. The lowest BCUT2D eigenvalue weighted by Gasteiger charge is -2.26. The molecule has 0 aromatic rings. The van der Waals surface area contributed by atoms with Crippen molar-refractivity contribution >= 4 is 12.3 Å². The molecular weight excluding hydrogens is 250 g/mol. The van der Waals surface area contributed by atoms with E-state index in [0.717, 1.165) is 7.05 Å². The van der Waals surface area contributed by atoms with Crippen LogP contribution in [0.15, 0.2) is 5.29 Å². The summed E-state index contributed by atoms with van der Waals surface area (Å²) in [5, 5.41) is 40.9. The SMILES string of the molecule is CN(N=O)C(=O)N[C@H](C=O)[C@H](O)[C@@H](O)[C@@H](O)CO. The number of aliphatic hydroxyl groups excluding tert-OH is 4. The first kappa shape index (κ1) is 16.4. The first-order valence-electron chi connectivity index (χ1n) is 4.86. The fourth-order valence-corrected chi connectivity index (χ4v) is 1.02. The standard InChI is InChI=1S/C8H15N3O7/c1-11(10-18)8(17)9-4(2-12)6(15)7(16)5(14)3-13/h2,4-7,13-16H,3H2,1H3,(H,9,17)/t4-,5+,6+,7+/m1/s1. The van der Waals surface area contributed by atoms with E-state index in [4.69, 9.17) is 10.2 Å². The van der Waals surface area contributed by atoms with Crippen LogP contribution in [0.4, 0.5) is 4.79 Å². The Labute approximate surface area is 102 Å². The van der Waals surface area contributed by atoms with E-state index < -0.39 is 37.0 Å². The molecule has 0 unspecified atom stereocenters. The van der Waals surface area contributed by atoms with Crippen molar-refractivity contribution < 1.29 is 30.0 Å². The summed E-state index contributed by atoms with van der Waals surface area (Å²) in [5.41, 5.74) is 0. The van der Waals surface area contributed by atoms with Gasteiger partial charge in [-0.05, 0) is 0 Å². The van der Waals surface area contributed by atoms with Gasteiger partial charge < -0.3 is 30.5 Å². The highest BCUT2D eigenvalue weighted by molar-refractivity contribution is 5.77. The third-order valence-electron chi connectivity index (χ3n) is 2.15. The summed E-state index contributed by atoms with van der Waals surface area (Å²) in [7, 11) is 1.01. The van der Waals surface area contributed by atoms with Gasteiger partial charge in [-0.2, -0.15) is 5.01 Å². The average molecular weight is 265 g/mol. The van der Waals surface area contributed by atoms with Gasteiger partial charge in [-0.15, -0.1) is 4.91 Å². The highest BCUT2D eigenvalue weighted by Gasteiger charge is 2.32. The highest BCUT2D eigenvalue weighted by Crippen LogP contribution is 2.04. The van der Waals surface area contributed by atoms with Crippen LogP contribution in [-0.4, -0.2) is 75.8 Å². The minimum absolute atomic E-state index is 0.106. The Hall–Kier alpha value is -1.62. The quantitative estimate of drug-likeness (QED) is 0.186. The number of nitroso groups, excluding NO2 is 1. The van der Waals surface area contributed by atoms with Crippen molar-refractivity contribution in [2.24, 2.45) is 5.29 Å². The fourth-order valence-electron chi connectivity index (χ4n) is 1.02. The molecule has 18 heavy (non-hydrogen) atoms. The first-order valence-corrected chi connectivity index (χ1v) is 4.86. The number of carbonyl (C=O) groups excluding carboxylic acids is 2. The number of aliphatic hydroxyl groups is 4. The van der Waals surface area contributed by atoms with Gasteiger partial charge in [0.2, 0.25) is 0 Å². The van der Waals surface area contributed by atoms with Crippen molar-refractivity contribution in [3.05, 3.63) is 4.91 Å². The zero-order chi connectivity index (χ0) is 14.3. The van der Waals surface area contributed by atoms with Crippen LogP contribution < -0.4 is 5.32 Å². The van der Waals surface area contributed by atoms with Crippen LogP contribution in [0.25, 0.3) is 0 Å². The van der Waals surface area contributed by atoms with Crippen LogP contribution >= 0.6 is 0 Å². The van der Waals surface area contributed by atoms with Crippen LogP contribution in [0.2, 0.25) is 0 Å². The monoisotopic (exact) mass is 265 g/mol. The zero-order valence-electron chi connectivity index (χ0n) is 9.50. The minimum Gasteiger partial charge on any atom is -0.394 e. The second kappa shape index (κ2) is 7.66. The summed E-state index contributed by atoms with van der Waals surface area (Å²) in [6.45, 7) is -0.840. The second-order valence-electron chi connectivity index (χ2n) is 3.45. The normalized spacial score (nSPS) is 17.2. The predicted octanol–water partition coefficient (Wildman–Crippen LogP) is -3.05. The largest absolute Gasteiger partial charge is 0.394 e. The van der Waals surface area contributed by atoms with Crippen LogP contribution in [0.1, 0.15) is 0 Å². The van der Waals surface area contributed by atoms with Gasteiger partial charge in [0.15, 0.2) is 0 Å². The number of nitrogens with one attached hydrogen (secondary N) is 1. The lowest BCUT2D eigenvalue weighted by atomic mass is 10.0. The maximum Gasteiger partial charge on any atom is 0.340 e. The molecule has 0 bridgehead atoms. The molecule has 0 radical (unpaired) electrons. The molecule has 0 aliphatic rings. The van der Waals surface area contributed by atoms with E-state index in [9.17, 15) is 24.7 Å². The van der Waals surface area contributed by atoms with E-state index in [1.807, 2.05) is 5.32 Å². The summed E-state index contributed by atoms with van der Waals surface area (Å²) in [5.74, 6) is 0. The van der Waals surface area contributed by atoms with Crippen LogP contribution in [0.3, 0.4) is 0 Å². The molecule has 10 heteroatoms. The molecule has 5 N–H and O–H groups in total. The molecule has 0 saturated carbocycles. The van der Waals surface area contributed by atoms with Crippen molar-refractivity contribution in [2.75, 3.05) is 13.7 Å². The lowest BCUT2D eigenvalue weighted by Crippen LogP contribution is -2.54. The molecule has 0 heterocycles. The minimum atomic E-state index is -1.85. The number of aldehydes is 1. The molecule has 0 aliphatic heterocycles. The Morgan fingerprint density at radius 1 is 1.39 bits per heavy atom. The smallest absolute Gasteiger partial charge is 0.340 e. The van der Waals surface area contributed by atoms with Crippen LogP contribution in [-0.2, 0) is 4.79 Å². The van der Waals surface area contributed by atoms with Gasteiger partial charge in [-0.1, -0.05) is 0 Å². The van der Waals surface area contributed by atoms with E-state index in [1.165, 1.54) is 0 Å². The Morgan fingerprint density at radius 3 is 2.33 bits per heavy atom. The Bertz CT molecular complexity index is 300. The lowest BCUT2D eigenvalue weighted by molar-refractivity contribution is -0.119. The van der Waals surface area contributed by atoms with E-state index >= 15 is 0 Å². The topological polar surface area (TPSA) is 160 Å². The van der Waals surface area contributed by atoms with E-state index in [-0.39, 0.29) is 6.29 Å². The fraction of sp³-hybridized carbons (Fsp3) is 0.750. The molecule has 0 rings (SSSR count). The molecule has 0 aliphatic carbocycles. The molecular formula is C8H15N3O7. The Kier molecular flexibility index (Phi) is 6.97.